The molecule has 3 saturated carbocycles. The first-order valence-electron chi connectivity index (χ1n) is 9.61. The van der Waals surface area contributed by atoms with Gasteiger partial charge in [-0.15, -0.1) is 0 Å². The fraction of sp³-hybridized carbons (Fsp3) is 0.737. The summed E-state index contributed by atoms with van der Waals surface area (Å²) in [6.07, 6.45) is 11.0. The van der Waals surface area contributed by atoms with E-state index in [0.717, 1.165) is 25.8 Å². The summed E-state index contributed by atoms with van der Waals surface area (Å²) >= 11 is 1.32. The zero-order valence-corrected chi connectivity index (χ0v) is 15.3. The third-order valence-electron chi connectivity index (χ3n) is 7.14. The summed E-state index contributed by atoms with van der Waals surface area (Å²) in [5.74, 6) is 0.941. The Kier molecular flexibility index (Phi) is 3.50. The maximum Gasteiger partial charge on any atom is 0.256 e. The Hall–Kier alpha value is -1.43. The minimum absolute atomic E-state index is 0.0553. The molecule has 5 nitrogen and oxygen atoms in total. The molecule has 25 heavy (non-hydrogen) atoms. The van der Waals surface area contributed by atoms with E-state index in [-0.39, 0.29) is 23.3 Å². The summed E-state index contributed by atoms with van der Waals surface area (Å²) in [5.41, 5.74) is 0.965. The van der Waals surface area contributed by atoms with Crippen molar-refractivity contribution in [3.05, 3.63) is 17.1 Å². The van der Waals surface area contributed by atoms with Gasteiger partial charge in [-0.05, 0) is 67.8 Å². The van der Waals surface area contributed by atoms with Gasteiger partial charge in [-0.3, -0.25) is 9.59 Å². The van der Waals surface area contributed by atoms with Crippen molar-refractivity contribution in [3.8, 4) is 0 Å². The molecule has 2 amide bonds. The predicted octanol–water partition coefficient (Wildman–Crippen LogP) is 2.83. The molecule has 0 bridgehead atoms. The zero-order chi connectivity index (χ0) is 17.1. The molecule has 1 aliphatic heterocycles. The largest absolute Gasteiger partial charge is 0.354 e. The second-order valence-electron chi connectivity index (χ2n) is 8.70. The van der Waals surface area contributed by atoms with Gasteiger partial charge in [-0.1, -0.05) is 6.42 Å². The van der Waals surface area contributed by atoms with Crippen molar-refractivity contribution in [2.24, 2.45) is 16.7 Å². The molecular formula is C19H25N3O2S. The molecule has 1 spiro atoms. The number of carbonyl (C=O) groups excluding carboxylic acids is 2. The monoisotopic (exact) mass is 359 g/mol. The normalized spacial score (nSPS) is 28.6. The Bertz CT molecular complexity index is 690. The topological polar surface area (TPSA) is 62.3 Å². The number of hydrogen-bond acceptors (Lipinski definition) is 4. The van der Waals surface area contributed by atoms with Gasteiger partial charge in [0.15, 0.2) is 0 Å². The molecule has 0 aromatic carbocycles. The zero-order valence-electron chi connectivity index (χ0n) is 14.5. The van der Waals surface area contributed by atoms with Crippen LogP contribution in [0.15, 0.2) is 11.6 Å². The average Bonchev–Trinajstić information content (AvgIpc) is 3.39. The number of carbonyl (C=O) groups is 2. The molecule has 0 radical (unpaired) electrons. The number of nitrogens with one attached hydrogen (secondary N) is 1. The van der Waals surface area contributed by atoms with Crippen LogP contribution in [0, 0.1) is 16.7 Å². The SMILES string of the molecule is O=C(c1cnsc1)N1CC2(CC2)CC1CNC(=O)C1(C2CCC2)CC1. The Morgan fingerprint density at radius 2 is 2.08 bits per heavy atom. The lowest BCUT2D eigenvalue weighted by atomic mass is 9.73. The molecule has 4 fully saturated rings. The summed E-state index contributed by atoms with van der Waals surface area (Å²) in [6, 6.07) is 0.135. The highest BCUT2D eigenvalue weighted by Crippen LogP contribution is 2.59. The van der Waals surface area contributed by atoms with Crippen LogP contribution in [0.4, 0.5) is 0 Å². The summed E-state index contributed by atoms with van der Waals surface area (Å²) in [5, 5.41) is 5.05. The first-order valence-corrected chi connectivity index (χ1v) is 10.4. The second-order valence-corrected chi connectivity index (χ2v) is 9.36. The van der Waals surface area contributed by atoms with Crippen LogP contribution in [0.3, 0.4) is 0 Å². The molecule has 2 heterocycles. The van der Waals surface area contributed by atoms with Crippen LogP contribution in [-0.2, 0) is 4.79 Å². The third kappa shape index (κ3) is 2.60. The van der Waals surface area contributed by atoms with Gasteiger partial charge < -0.3 is 10.2 Å². The molecule has 134 valence electrons. The number of aromatic nitrogens is 1. The van der Waals surface area contributed by atoms with Crippen molar-refractivity contribution >= 4 is 23.3 Å². The Balaban J connectivity index is 1.25. The first kappa shape index (κ1) is 15.8. The van der Waals surface area contributed by atoms with Gasteiger partial charge >= 0.3 is 0 Å². The Morgan fingerprint density at radius 3 is 2.64 bits per heavy atom. The summed E-state index contributed by atoms with van der Waals surface area (Å²) in [6.45, 7) is 1.45. The lowest BCUT2D eigenvalue weighted by Gasteiger charge is -2.33. The molecule has 1 unspecified atom stereocenters. The standard InChI is InChI=1S/C19H25N3O2S/c23-16(13-9-21-25-11-13)22-12-18(4-5-18)8-15(22)10-20-17(24)19(6-7-19)14-2-1-3-14/h9,11,14-15H,1-8,10,12H2,(H,20,24). The first-order chi connectivity index (χ1) is 12.1. The van der Waals surface area contributed by atoms with Crippen LogP contribution >= 0.6 is 11.5 Å². The van der Waals surface area contributed by atoms with E-state index >= 15 is 0 Å². The van der Waals surface area contributed by atoms with E-state index in [1.807, 2.05) is 10.3 Å². The number of hydrogen-bond donors (Lipinski definition) is 1. The van der Waals surface area contributed by atoms with E-state index in [4.69, 9.17) is 0 Å². The molecular weight excluding hydrogens is 334 g/mol. The van der Waals surface area contributed by atoms with Crippen molar-refractivity contribution in [3.63, 3.8) is 0 Å². The molecule has 1 N–H and O–H groups in total. The lowest BCUT2D eigenvalue weighted by molar-refractivity contribution is -0.129. The minimum atomic E-state index is -0.0553. The van der Waals surface area contributed by atoms with Gasteiger partial charge in [0.2, 0.25) is 5.91 Å². The maximum absolute atomic E-state index is 12.8. The average molecular weight is 359 g/mol. The fourth-order valence-electron chi connectivity index (χ4n) is 4.90. The minimum Gasteiger partial charge on any atom is -0.354 e. The maximum atomic E-state index is 12.8. The Morgan fingerprint density at radius 1 is 1.28 bits per heavy atom. The fourth-order valence-corrected chi connectivity index (χ4v) is 5.41. The van der Waals surface area contributed by atoms with Crippen LogP contribution in [0.2, 0.25) is 0 Å². The van der Waals surface area contributed by atoms with Crippen LogP contribution in [-0.4, -0.2) is 40.2 Å². The number of likely N-dealkylation sites (tertiary alicyclic amines) is 1. The quantitative estimate of drug-likeness (QED) is 0.879. The van der Waals surface area contributed by atoms with Gasteiger partial charge in [0.25, 0.3) is 5.91 Å². The molecule has 1 aromatic heterocycles. The van der Waals surface area contributed by atoms with Crippen LogP contribution < -0.4 is 5.32 Å². The van der Waals surface area contributed by atoms with E-state index in [2.05, 4.69) is 9.69 Å². The predicted molar refractivity (Wildman–Crippen MR) is 95.2 cm³/mol. The molecule has 5 rings (SSSR count). The van der Waals surface area contributed by atoms with E-state index < -0.39 is 0 Å². The van der Waals surface area contributed by atoms with Crippen molar-refractivity contribution in [2.75, 3.05) is 13.1 Å². The number of amides is 2. The van der Waals surface area contributed by atoms with Gasteiger partial charge in [-0.25, -0.2) is 4.37 Å². The van der Waals surface area contributed by atoms with Gasteiger partial charge in [0.1, 0.15) is 0 Å². The highest BCUT2D eigenvalue weighted by molar-refractivity contribution is 7.03. The smallest absolute Gasteiger partial charge is 0.256 e. The van der Waals surface area contributed by atoms with E-state index in [9.17, 15) is 9.59 Å². The van der Waals surface area contributed by atoms with Crippen molar-refractivity contribution in [1.29, 1.82) is 0 Å². The highest BCUT2D eigenvalue weighted by atomic mass is 32.1. The number of nitrogens with zero attached hydrogens (tertiary/aromatic N) is 2. The lowest BCUT2D eigenvalue weighted by Crippen LogP contribution is -2.46. The van der Waals surface area contributed by atoms with Crippen molar-refractivity contribution < 1.29 is 9.59 Å². The Labute approximate surface area is 152 Å². The summed E-state index contributed by atoms with van der Waals surface area (Å²) < 4.78 is 4.07. The van der Waals surface area contributed by atoms with Crippen LogP contribution in [0.5, 0.6) is 0 Å². The van der Waals surface area contributed by atoms with E-state index in [1.54, 1.807) is 6.20 Å². The van der Waals surface area contributed by atoms with Crippen LogP contribution in [0.25, 0.3) is 0 Å². The molecule has 6 heteroatoms. The molecule has 1 saturated heterocycles. The molecule has 1 atom stereocenters. The highest BCUT2D eigenvalue weighted by Gasteiger charge is 2.57. The molecule has 3 aliphatic carbocycles. The van der Waals surface area contributed by atoms with Crippen molar-refractivity contribution in [2.45, 2.75) is 57.4 Å². The van der Waals surface area contributed by atoms with Gasteiger partial charge in [0, 0.05) is 24.5 Å². The molecule has 4 aliphatic rings. The van der Waals surface area contributed by atoms with Gasteiger partial charge in [-0.2, -0.15) is 0 Å². The summed E-state index contributed by atoms with van der Waals surface area (Å²) in [7, 11) is 0. The summed E-state index contributed by atoms with van der Waals surface area (Å²) in [4.78, 5) is 27.6. The van der Waals surface area contributed by atoms with Crippen molar-refractivity contribution in [1.82, 2.24) is 14.6 Å². The molecule has 1 aromatic rings. The van der Waals surface area contributed by atoms with Crippen LogP contribution in [0.1, 0.15) is 61.7 Å². The van der Waals surface area contributed by atoms with E-state index in [1.165, 1.54) is 43.6 Å². The second kappa shape index (κ2) is 5.53. The number of rotatable bonds is 5. The van der Waals surface area contributed by atoms with E-state index in [0.29, 0.717) is 23.4 Å². The van der Waals surface area contributed by atoms with Gasteiger partial charge in [0.05, 0.1) is 17.2 Å². The third-order valence-corrected chi connectivity index (χ3v) is 7.72.